The first-order chi connectivity index (χ1) is 8.88. The molecule has 0 bridgehead atoms. The van der Waals surface area contributed by atoms with Crippen molar-refractivity contribution in [3.05, 3.63) is 0 Å². The molecule has 112 valence electrons. The topological polar surface area (TPSA) is 45.7 Å². The lowest BCUT2D eigenvalue weighted by Gasteiger charge is -2.16. The Bertz CT molecular complexity index is 267. The van der Waals surface area contributed by atoms with E-state index in [2.05, 4.69) is 27.4 Å². The van der Waals surface area contributed by atoms with Crippen LogP contribution < -0.4 is 10.6 Å². The van der Waals surface area contributed by atoms with E-state index >= 15 is 0 Å². The number of rotatable bonds is 5. The van der Waals surface area contributed by atoms with E-state index in [9.17, 15) is 0 Å². The lowest BCUT2D eigenvalue weighted by atomic mass is 10.2. The van der Waals surface area contributed by atoms with E-state index in [1.165, 1.54) is 31.4 Å². The Morgan fingerprint density at radius 1 is 1.32 bits per heavy atom. The summed E-state index contributed by atoms with van der Waals surface area (Å²) < 4.78 is 5.61. The summed E-state index contributed by atoms with van der Waals surface area (Å²) in [5.41, 5.74) is 0. The van der Waals surface area contributed by atoms with Crippen molar-refractivity contribution in [1.29, 1.82) is 0 Å². The Hall–Kier alpha value is 0.310. The molecule has 0 aliphatic carbocycles. The second-order valence-electron chi connectivity index (χ2n) is 4.94. The van der Waals surface area contributed by atoms with Gasteiger partial charge in [0.15, 0.2) is 5.96 Å². The molecule has 0 aromatic carbocycles. The molecule has 0 saturated carbocycles. The van der Waals surface area contributed by atoms with Gasteiger partial charge < -0.3 is 15.4 Å². The molecule has 0 aromatic heterocycles. The molecule has 2 heterocycles. The summed E-state index contributed by atoms with van der Waals surface area (Å²) in [7, 11) is 1.84. The average molecular weight is 399 g/mol. The first-order valence-electron chi connectivity index (χ1n) is 7.06. The van der Waals surface area contributed by atoms with Crippen LogP contribution in [-0.2, 0) is 4.74 Å². The summed E-state index contributed by atoms with van der Waals surface area (Å²) >= 11 is 2.07. The molecule has 4 nitrogen and oxygen atoms in total. The number of nitrogens with one attached hydrogen (secondary N) is 2. The van der Waals surface area contributed by atoms with Crippen LogP contribution in [0.1, 0.15) is 32.1 Å². The molecule has 2 fully saturated rings. The number of hydrogen-bond donors (Lipinski definition) is 2. The number of nitrogens with zero attached hydrogens (tertiary/aromatic N) is 1. The van der Waals surface area contributed by atoms with E-state index in [4.69, 9.17) is 4.74 Å². The van der Waals surface area contributed by atoms with Gasteiger partial charge in [0.25, 0.3) is 0 Å². The molecule has 6 heteroatoms. The fourth-order valence-corrected chi connectivity index (χ4v) is 3.66. The third-order valence-electron chi connectivity index (χ3n) is 3.53. The van der Waals surface area contributed by atoms with Crippen LogP contribution in [-0.4, -0.2) is 49.8 Å². The van der Waals surface area contributed by atoms with Crippen molar-refractivity contribution in [1.82, 2.24) is 10.6 Å². The third-order valence-corrected chi connectivity index (χ3v) is 4.93. The molecule has 2 aliphatic heterocycles. The Balaban J connectivity index is 0.00000180. The molecule has 0 amide bonds. The lowest BCUT2D eigenvalue weighted by Crippen LogP contribution is -2.41. The predicted molar refractivity (Wildman–Crippen MR) is 93.9 cm³/mol. The van der Waals surface area contributed by atoms with Crippen LogP contribution >= 0.6 is 35.7 Å². The lowest BCUT2D eigenvalue weighted by molar-refractivity contribution is 0.105. The van der Waals surface area contributed by atoms with Crippen molar-refractivity contribution in [3.63, 3.8) is 0 Å². The summed E-state index contributed by atoms with van der Waals surface area (Å²) in [6, 6.07) is 0. The first-order valence-corrected chi connectivity index (χ1v) is 8.11. The van der Waals surface area contributed by atoms with Crippen LogP contribution in [0, 0.1) is 0 Å². The normalized spacial score (nSPS) is 27.1. The Morgan fingerprint density at radius 3 is 2.84 bits per heavy atom. The first kappa shape index (κ1) is 17.4. The fraction of sp³-hybridized carbons (Fsp3) is 0.923. The van der Waals surface area contributed by atoms with Gasteiger partial charge >= 0.3 is 0 Å². The SMILES string of the molecule is CN=C(NCCC1CCCO1)NCC1CCCS1.I. The highest BCUT2D eigenvalue weighted by Crippen LogP contribution is 2.25. The summed E-state index contributed by atoms with van der Waals surface area (Å²) in [5.74, 6) is 2.25. The van der Waals surface area contributed by atoms with E-state index in [1.807, 2.05) is 7.05 Å². The number of thioether (sulfide) groups is 1. The van der Waals surface area contributed by atoms with Crippen LogP contribution in [0.25, 0.3) is 0 Å². The molecule has 2 N–H and O–H groups in total. The Labute approximate surface area is 137 Å². The van der Waals surface area contributed by atoms with Crippen molar-refractivity contribution in [2.24, 2.45) is 4.99 Å². The molecule has 0 aromatic rings. The van der Waals surface area contributed by atoms with Gasteiger partial charge in [0.1, 0.15) is 0 Å². The van der Waals surface area contributed by atoms with Gasteiger partial charge in [-0.2, -0.15) is 11.8 Å². The van der Waals surface area contributed by atoms with Gasteiger partial charge in [-0.3, -0.25) is 4.99 Å². The third kappa shape index (κ3) is 6.53. The number of hydrogen-bond acceptors (Lipinski definition) is 3. The zero-order valence-corrected chi connectivity index (χ0v) is 14.8. The predicted octanol–water partition coefficient (Wildman–Crippen LogP) is 2.23. The highest BCUT2D eigenvalue weighted by Gasteiger charge is 2.16. The van der Waals surface area contributed by atoms with Gasteiger partial charge in [-0.05, 0) is 37.9 Å². The number of aliphatic imine (C=N–C) groups is 1. The van der Waals surface area contributed by atoms with Crippen molar-refractivity contribution < 1.29 is 4.74 Å². The van der Waals surface area contributed by atoms with E-state index in [0.717, 1.165) is 37.3 Å². The van der Waals surface area contributed by atoms with Gasteiger partial charge in [0.2, 0.25) is 0 Å². The van der Waals surface area contributed by atoms with E-state index in [-0.39, 0.29) is 24.0 Å². The minimum atomic E-state index is 0. The Morgan fingerprint density at radius 2 is 2.21 bits per heavy atom. The molecular formula is C13H26IN3OS. The standard InChI is InChI=1S/C13H25N3OS.HI/c1-14-13(16-10-12-5-3-9-18-12)15-7-6-11-4-2-8-17-11;/h11-12H,2-10H2,1H3,(H2,14,15,16);1H. The maximum Gasteiger partial charge on any atom is 0.191 e. The van der Waals surface area contributed by atoms with Crippen molar-refractivity contribution in [3.8, 4) is 0 Å². The van der Waals surface area contributed by atoms with E-state index in [0.29, 0.717) is 6.10 Å². The van der Waals surface area contributed by atoms with Crippen LogP contribution in [0.5, 0.6) is 0 Å². The van der Waals surface area contributed by atoms with Gasteiger partial charge in [0, 0.05) is 32.0 Å². The molecule has 2 atom stereocenters. The molecular weight excluding hydrogens is 373 g/mol. The monoisotopic (exact) mass is 399 g/mol. The van der Waals surface area contributed by atoms with Crippen molar-refractivity contribution >= 4 is 41.7 Å². The second-order valence-corrected chi connectivity index (χ2v) is 6.35. The van der Waals surface area contributed by atoms with Gasteiger partial charge in [-0.1, -0.05) is 0 Å². The summed E-state index contributed by atoms with van der Waals surface area (Å²) in [5, 5.41) is 7.55. The number of ether oxygens (including phenoxy) is 1. The van der Waals surface area contributed by atoms with E-state index < -0.39 is 0 Å². The highest BCUT2D eigenvalue weighted by molar-refractivity contribution is 14.0. The van der Waals surface area contributed by atoms with E-state index in [1.54, 1.807) is 0 Å². The zero-order valence-electron chi connectivity index (χ0n) is 11.7. The van der Waals surface area contributed by atoms with Crippen LogP contribution in [0.3, 0.4) is 0 Å². The average Bonchev–Trinajstić information content (AvgIpc) is 3.06. The molecule has 2 rings (SSSR count). The van der Waals surface area contributed by atoms with Crippen LogP contribution in [0.15, 0.2) is 4.99 Å². The minimum Gasteiger partial charge on any atom is -0.378 e. The van der Waals surface area contributed by atoms with Gasteiger partial charge in [-0.25, -0.2) is 0 Å². The van der Waals surface area contributed by atoms with Crippen molar-refractivity contribution in [2.75, 3.05) is 32.5 Å². The molecule has 2 aliphatic rings. The quantitative estimate of drug-likeness (QED) is 0.423. The van der Waals surface area contributed by atoms with Gasteiger partial charge in [0.05, 0.1) is 6.10 Å². The molecule has 2 unspecified atom stereocenters. The minimum absolute atomic E-state index is 0. The maximum absolute atomic E-state index is 5.61. The molecule has 2 saturated heterocycles. The highest BCUT2D eigenvalue weighted by atomic mass is 127. The zero-order chi connectivity index (χ0) is 12.6. The maximum atomic E-state index is 5.61. The summed E-state index contributed by atoms with van der Waals surface area (Å²) in [6.07, 6.45) is 6.68. The second kappa shape index (κ2) is 10.1. The van der Waals surface area contributed by atoms with Crippen LogP contribution in [0.2, 0.25) is 0 Å². The number of halogens is 1. The smallest absolute Gasteiger partial charge is 0.191 e. The van der Waals surface area contributed by atoms with Gasteiger partial charge in [-0.15, -0.1) is 24.0 Å². The van der Waals surface area contributed by atoms with Crippen molar-refractivity contribution in [2.45, 2.75) is 43.5 Å². The Kier molecular flexibility index (Phi) is 9.23. The summed E-state index contributed by atoms with van der Waals surface area (Å²) in [4.78, 5) is 4.26. The summed E-state index contributed by atoms with van der Waals surface area (Å²) in [6.45, 7) is 2.92. The molecule has 19 heavy (non-hydrogen) atoms. The molecule has 0 radical (unpaired) electrons. The van der Waals surface area contributed by atoms with Crippen LogP contribution in [0.4, 0.5) is 0 Å². The molecule has 0 spiro atoms. The fourth-order valence-electron chi connectivity index (χ4n) is 2.46. The largest absolute Gasteiger partial charge is 0.378 e. The number of guanidine groups is 1.